The van der Waals surface area contributed by atoms with Crippen LogP contribution in [-0.4, -0.2) is 25.2 Å². The van der Waals surface area contributed by atoms with E-state index in [4.69, 9.17) is 20.9 Å². The fourth-order valence-corrected chi connectivity index (χ4v) is 5.00. The molecule has 4 nitrogen and oxygen atoms in total. The van der Waals surface area contributed by atoms with E-state index in [1.807, 2.05) is 0 Å². The van der Waals surface area contributed by atoms with E-state index >= 15 is 0 Å². The lowest BCUT2D eigenvalue weighted by molar-refractivity contribution is -0.293. The molecule has 0 radical (unpaired) electrons. The Bertz CT molecular complexity index is 429. The Hall–Kier alpha value is -0.160. The molecule has 0 aliphatic carbocycles. The highest BCUT2D eigenvalue weighted by Crippen LogP contribution is 2.36. The summed E-state index contributed by atoms with van der Waals surface area (Å²) in [5.41, 5.74) is 12.8. The van der Waals surface area contributed by atoms with E-state index in [0.717, 1.165) is 25.7 Å². The normalized spacial score (nSPS) is 13.4. The molecule has 36 heavy (non-hydrogen) atoms. The molecule has 0 aliphatic rings. The van der Waals surface area contributed by atoms with Gasteiger partial charge in [0.25, 0.3) is 0 Å². The van der Waals surface area contributed by atoms with E-state index in [1.54, 1.807) is 0 Å². The topological polar surface area (TPSA) is 70.5 Å². The average molecular weight is 513 g/mol. The van der Waals surface area contributed by atoms with E-state index in [1.165, 1.54) is 116 Å². The van der Waals surface area contributed by atoms with Gasteiger partial charge in [0.2, 0.25) is 5.91 Å². The average Bonchev–Trinajstić information content (AvgIpc) is 2.85. The Balaban J connectivity index is 4.26. The van der Waals surface area contributed by atoms with E-state index in [0.29, 0.717) is 13.2 Å². The largest absolute Gasteiger partial charge is 0.337 e. The van der Waals surface area contributed by atoms with Crippen LogP contribution in [0.15, 0.2) is 0 Å². The minimum atomic E-state index is -1.07. The van der Waals surface area contributed by atoms with Crippen molar-refractivity contribution in [2.45, 2.75) is 188 Å². The number of hydrogen-bond donors (Lipinski definition) is 2. The van der Waals surface area contributed by atoms with Gasteiger partial charge in [-0.25, -0.2) is 0 Å². The molecule has 0 rings (SSSR count). The van der Waals surface area contributed by atoms with Gasteiger partial charge in [0.05, 0.1) is 13.2 Å². The highest BCUT2D eigenvalue weighted by molar-refractivity contribution is 4.86. The zero-order valence-corrected chi connectivity index (χ0v) is 25.5. The molecule has 218 valence electrons. The minimum Gasteiger partial charge on any atom is -0.337 e. The predicted molar refractivity (Wildman–Crippen MR) is 159 cm³/mol. The number of hydrogen-bond acceptors (Lipinski definition) is 4. The Labute approximate surface area is 227 Å². The van der Waals surface area contributed by atoms with Gasteiger partial charge in [0.1, 0.15) is 0 Å². The predicted octanol–water partition coefficient (Wildman–Crippen LogP) is 9.63. The second-order valence-electron chi connectivity index (χ2n) is 12.0. The highest BCUT2D eigenvalue weighted by atomic mass is 16.7. The van der Waals surface area contributed by atoms with E-state index in [-0.39, 0.29) is 11.5 Å². The van der Waals surface area contributed by atoms with Crippen molar-refractivity contribution in [1.29, 1.82) is 0 Å². The summed E-state index contributed by atoms with van der Waals surface area (Å²) in [6, 6.07) is 0.116. The lowest BCUT2D eigenvalue weighted by Gasteiger charge is -2.44. The summed E-state index contributed by atoms with van der Waals surface area (Å²) < 4.78 is 12.6. The summed E-state index contributed by atoms with van der Waals surface area (Å²) in [6.07, 6.45) is 28.1. The Morgan fingerprint density at radius 3 is 1.14 bits per heavy atom. The summed E-state index contributed by atoms with van der Waals surface area (Å²) in [5, 5.41) is 0. The molecule has 1 unspecified atom stereocenters. The van der Waals surface area contributed by atoms with Crippen molar-refractivity contribution in [1.82, 2.24) is 0 Å². The quantitative estimate of drug-likeness (QED) is 0.0808. The fraction of sp³-hybridized carbons (Fsp3) is 1.00. The molecule has 0 spiro atoms. The number of rotatable bonds is 28. The maximum Gasteiger partial charge on any atom is 0.230 e. The van der Waals surface area contributed by atoms with Crippen LogP contribution < -0.4 is 11.5 Å². The number of unbranched alkanes of at least 4 members (excludes halogenated alkanes) is 18. The monoisotopic (exact) mass is 513 g/mol. The first-order chi connectivity index (χ1) is 17.3. The highest BCUT2D eigenvalue weighted by Gasteiger charge is 2.45. The van der Waals surface area contributed by atoms with Crippen LogP contribution in [0.4, 0.5) is 0 Å². The first-order valence-corrected chi connectivity index (χ1v) is 16.1. The molecule has 0 saturated carbocycles. The molecular formula is C32H68N2O2. The standard InChI is InChI=1S/C32H68N2O2/c1-6-9-11-13-15-17-19-21-23-25-27-35-32(34,31(4,5)29-30(33)8-3)36-28-26-24-22-20-18-16-14-12-10-7-2/h30H,6-29,33-34H2,1-5H3. The Kier molecular flexibility index (Phi) is 23.8. The van der Waals surface area contributed by atoms with Crippen molar-refractivity contribution < 1.29 is 9.47 Å². The van der Waals surface area contributed by atoms with E-state index < -0.39 is 5.91 Å². The van der Waals surface area contributed by atoms with Crippen LogP contribution in [0.1, 0.15) is 176 Å². The van der Waals surface area contributed by atoms with Gasteiger partial charge < -0.3 is 15.2 Å². The fourth-order valence-electron chi connectivity index (χ4n) is 5.00. The van der Waals surface area contributed by atoms with Crippen LogP contribution in [0.3, 0.4) is 0 Å². The molecule has 0 aromatic heterocycles. The van der Waals surface area contributed by atoms with Crippen LogP contribution in [0.5, 0.6) is 0 Å². The summed E-state index contributed by atoms with van der Waals surface area (Å²) in [7, 11) is 0. The van der Waals surface area contributed by atoms with Gasteiger partial charge in [-0.15, -0.1) is 0 Å². The second kappa shape index (κ2) is 23.9. The maximum atomic E-state index is 6.82. The molecule has 0 aromatic carbocycles. The van der Waals surface area contributed by atoms with Crippen LogP contribution >= 0.6 is 0 Å². The lowest BCUT2D eigenvalue weighted by Crippen LogP contribution is -2.58. The SMILES string of the molecule is CCCCCCCCCCCCOC(N)(OCCCCCCCCCCCC)C(C)(C)CC(N)CC. The Morgan fingerprint density at radius 1 is 0.528 bits per heavy atom. The van der Waals surface area contributed by atoms with Crippen molar-refractivity contribution in [3.8, 4) is 0 Å². The third kappa shape index (κ3) is 19.0. The van der Waals surface area contributed by atoms with Gasteiger partial charge in [0, 0.05) is 11.5 Å². The molecule has 0 heterocycles. The van der Waals surface area contributed by atoms with Crippen molar-refractivity contribution in [2.75, 3.05) is 13.2 Å². The molecule has 0 aliphatic heterocycles. The Morgan fingerprint density at radius 2 is 0.833 bits per heavy atom. The van der Waals surface area contributed by atoms with Gasteiger partial charge in [0.15, 0.2) is 0 Å². The van der Waals surface area contributed by atoms with Crippen molar-refractivity contribution in [3.05, 3.63) is 0 Å². The van der Waals surface area contributed by atoms with Gasteiger partial charge in [-0.3, -0.25) is 5.73 Å². The third-order valence-corrected chi connectivity index (χ3v) is 7.87. The molecule has 0 fully saturated rings. The molecule has 0 amide bonds. The summed E-state index contributed by atoms with van der Waals surface area (Å²) >= 11 is 0. The molecule has 4 heteroatoms. The smallest absolute Gasteiger partial charge is 0.230 e. The van der Waals surface area contributed by atoms with Crippen LogP contribution in [0.2, 0.25) is 0 Å². The molecule has 0 saturated heterocycles. The van der Waals surface area contributed by atoms with Crippen molar-refractivity contribution in [2.24, 2.45) is 16.9 Å². The third-order valence-electron chi connectivity index (χ3n) is 7.87. The van der Waals surface area contributed by atoms with E-state index in [9.17, 15) is 0 Å². The molecule has 1 atom stereocenters. The molecule has 0 bridgehead atoms. The lowest BCUT2D eigenvalue weighted by atomic mass is 9.81. The van der Waals surface area contributed by atoms with Crippen molar-refractivity contribution in [3.63, 3.8) is 0 Å². The first kappa shape index (κ1) is 35.8. The number of ether oxygens (including phenoxy) is 2. The summed E-state index contributed by atoms with van der Waals surface area (Å²) in [6.45, 7) is 12.3. The van der Waals surface area contributed by atoms with Gasteiger partial charge in [-0.1, -0.05) is 150 Å². The molecule has 4 N–H and O–H groups in total. The zero-order chi connectivity index (χ0) is 27.0. The van der Waals surface area contributed by atoms with Crippen LogP contribution in [0.25, 0.3) is 0 Å². The van der Waals surface area contributed by atoms with E-state index in [2.05, 4.69) is 34.6 Å². The van der Waals surface area contributed by atoms with Gasteiger partial charge >= 0.3 is 0 Å². The minimum absolute atomic E-state index is 0.116. The first-order valence-electron chi connectivity index (χ1n) is 16.1. The summed E-state index contributed by atoms with van der Waals surface area (Å²) in [5.74, 6) is -1.07. The van der Waals surface area contributed by atoms with Crippen LogP contribution in [-0.2, 0) is 9.47 Å². The maximum absolute atomic E-state index is 6.82. The van der Waals surface area contributed by atoms with Gasteiger partial charge in [-0.2, -0.15) is 0 Å². The zero-order valence-electron chi connectivity index (χ0n) is 25.5. The van der Waals surface area contributed by atoms with Gasteiger partial charge in [-0.05, 0) is 25.7 Å². The van der Waals surface area contributed by atoms with Crippen LogP contribution in [0, 0.1) is 5.41 Å². The molecular weight excluding hydrogens is 444 g/mol. The second-order valence-corrected chi connectivity index (χ2v) is 12.0. The van der Waals surface area contributed by atoms with Crippen molar-refractivity contribution >= 4 is 0 Å². The molecule has 0 aromatic rings. The number of nitrogens with two attached hydrogens (primary N) is 2. The summed E-state index contributed by atoms with van der Waals surface area (Å²) in [4.78, 5) is 0.